The van der Waals surface area contributed by atoms with Gasteiger partial charge >= 0.3 is 0 Å². The monoisotopic (exact) mass is 765 g/mol. The molecule has 4 fully saturated rings. The summed E-state index contributed by atoms with van der Waals surface area (Å²) in [6.45, 7) is 9.89. The molecule has 4 bridgehead atoms. The van der Waals surface area contributed by atoms with E-state index in [9.17, 15) is 0 Å². The van der Waals surface area contributed by atoms with Crippen molar-refractivity contribution in [2.24, 2.45) is 23.7 Å². The van der Waals surface area contributed by atoms with Crippen molar-refractivity contribution in [2.75, 3.05) is 4.90 Å². The molecule has 0 N–H and O–H groups in total. The highest BCUT2D eigenvalue weighted by molar-refractivity contribution is 6.05. The molecule has 7 aromatic rings. The Bertz CT molecular complexity index is 2760. The summed E-state index contributed by atoms with van der Waals surface area (Å²) in [5.74, 6) is 3.31. The largest absolute Gasteiger partial charge is 0.310 e. The fraction of sp³-hybridized carbons (Fsp3) is 0.310. The number of nitrogens with zero attached hydrogens (tertiary/aromatic N) is 1. The molecule has 0 aliphatic heterocycles. The van der Waals surface area contributed by atoms with E-state index < -0.39 is 0 Å². The molecular weight excluding hydrogens is 711 g/mol. The molecule has 1 heteroatoms. The highest BCUT2D eigenvalue weighted by Crippen LogP contribution is 2.69. The number of anilines is 3. The van der Waals surface area contributed by atoms with E-state index in [1.54, 1.807) is 11.1 Å². The Hall–Kier alpha value is -5.40. The van der Waals surface area contributed by atoms with Crippen molar-refractivity contribution in [3.05, 3.63) is 174 Å². The Morgan fingerprint density at radius 1 is 0.424 bits per heavy atom. The van der Waals surface area contributed by atoms with E-state index >= 15 is 0 Å². The number of hydrogen-bond donors (Lipinski definition) is 0. The first-order valence-corrected chi connectivity index (χ1v) is 22.6. The minimum absolute atomic E-state index is 0.0503. The molecule has 7 aromatic carbocycles. The van der Waals surface area contributed by atoms with Gasteiger partial charge in [0.05, 0.1) is 5.69 Å². The molecule has 0 aromatic heterocycles. The Labute approximate surface area is 351 Å². The predicted molar refractivity (Wildman–Crippen MR) is 248 cm³/mol. The number of fused-ring (bicyclic) bond motifs is 5. The summed E-state index contributed by atoms with van der Waals surface area (Å²) in [4.78, 5) is 2.65. The minimum atomic E-state index is 0.0503. The van der Waals surface area contributed by atoms with Crippen LogP contribution in [0.1, 0.15) is 94.9 Å². The van der Waals surface area contributed by atoms with Crippen molar-refractivity contribution in [3.8, 4) is 33.4 Å². The topological polar surface area (TPSA) is 3.24 Å². The van der Waals surface area contributed by atoms with Crippen LogP contribution in [0.3, 0.4) is 0 Å². The van der Waals surface area contributed by atoms with Gasteiger partial charge in [0.2, 0.25) is 0 Å². The molecule has 0 amide bonds. The average molecular weight is 766 g/mol. The van der Waals surface area contributed by atoms with E-state index in [1.807, 2.05) is 0 Å². The summed E-state index contributed by atoms with van der Waals surface area (Å²) in [5.41, 5.74) is 18.4. The highest BCUT2D eigenvalue weighted by Gasteiger charge is 2.61. The van der Waals surface area contributed by atoms with Crippen molar-refractivity contribution in [3.63, 3.8) is 0 Å². The molecule has 0 saturated heterocycles. The summed E-state index contributed by atoms with van der Waals surface area (Å²) in [6.07, 6.45) is 9.43. The van der Waals surface area contributed by atoms with Gasteiger partial charge in [-0.1, -0.05) is 149 Å². The molecule has 1 nitrogen and oxygen atoms in total. The lowest BCUT2D eigenvalue weighted by Crippen LogP contribution is -2.55. The zero-order valence-corrected chi connectivity index (χ0v) is 35.1. The van der Waals surface area contributed by atoms with Crippen LogP contribution in [0.15, 0.2) is 152 Å². The van der Waals surface area contributed by atoms with E-state index in [-0.39, 0.29) is 16.2 Å². The first-order valence-electron chi connectivity index (χ1n) is 22.6. The van der Waals surface area contributed by atoms with Gasteiger partial charge in [0.15, 0.2) is 0 Å². The lowest BCUT2D eigenvalue weighted by molar-refractivity contribution is -0.0399. The lowest BCUT2D eigenvalue weighted by Gasteiger charge is -2.61. The molecule has 0 atom stereocenters. The van der Waals surface area contributed by atoms with Crippen LogP contribution in [0.2, 0.25) is 0 Å². The van der Waals surface area contributed by atoms with Crippen molar-refractivity contribution in [1.82, 2.24) is 0 Å². The Morgan fingerprint density at radius 3 is 1.66 bits per heavy atom. The van der Waals surface area contributed by atoms with Gasteiger partial charge in [-0.3, -0.25) is 0 Å². The van der Waals surface area contributed by atoms with E-state index in [0.29, 0.717) is 0 Å². The van der Waals surface area contributed by atoms with Gasteiger partial charge in [-0.15, -0.1) is 0 Å². The lowest BCUT2D eigenvalue weighted by atomic mass is 9.43. The maximum atomic E-state index is 2.68. The van der Waals surface area contributed by atoms with Gasteiger partial charge in [-0.05, 0) is 176 Å². The average Bonchev–Trinajstić information content (AvgIpc) is 3.54. The smallest absolute Gasteiger partial charge is 0.0502 e. The molecule has 0 heterocycles. The summed E-state index contributed by atoms with van der Waals surface area (Å²) >= 11 is 0. The quantitative estimate of drug-likeness (QED) is 0.169. The molecule has 0 unspecified atom stereocenters. The van der Waals surface area contributed by atoms with E-state index in [2.05, 4.69) is 184 Å². The maximum absolute atomic E-state index is 2.68. The van der Waals surface area contributed by atoms with Gasteiger partial charge in [0, 0.05) is 16.8 Å². The van der Waals surface area contributed by atoms with Crippen molar-refractivity contribution in [2.45, 2.75) is 88.9 Å². The Kier molecular flexibility index (Phi) is 7.71. The molecule has 6 aliphatic rings. The van der Waals surface area contributed by atoms with Crippen LogP contribution < -0.4 is 4.90 Å². The van der Waals surface area contributed by atoms with Crippen molar-refractivity contribution in [1.29, 1.82) is 0 Å². The number of hydrogen-bond acceptors (Lipinski definition) is 1. The molecule has 13 rings (SSSR count). The first-order chi connectivity index (χ1) is 28.7. The summed E-state index contributed by atoms with van der Waals surface area (Å²) in [6, 6.07) is 58.3. The van der Waals surface area contributed by atoms with Crippen LogP contribution in [0.4, 0.5) is 17.1 Å². The third-order valence-corrected chi connectivity index (χ3v) is 16.3. The van der Waals surface area contributed by atoms with Crippen LogP contribution in [0, 0.1) is 23.7 Å². The van der Waals surface area contributed by atoms with Crippen LogP contribution in [-0.4, -0.2) is 0 Å². The van der Waals surface area contributed by atoms with Gasteiger partial charge < -0.3 is 4.90 Å². The third-order valence-electron chi connectivity index (χ3n) is 16.3. The SMILES string of the molecule is CC1(C)CCC(C)(C)c2c(N(c3ccc(-c4ccc(-c5ccccc5)c5ccccc45)cc3)c3ccc4c(c3)C3(c5ccccc5-4)C4CC5CC(C4)CC3C5)cccc21. The van der Waals surface area contributed by atoms with Crippen LogP contribution in [-0.2, 0) is 16.2 Å². The molecular formula is C58H55N. The van der Waals surface area contributed by atoms with E-state index in [4.69, 9.17) is 0 Å². The van der Waals surface area contributed by atoms with E-state index in [0.717, 1.165) is 23.7 Å². The third kappa shape index (κ3) is 5.16. The predicted octanol–water partition coefficient (Wildman–Crippen LogP) is 15.7. The number of rotatable bonds is 5. The van der Waals surface area contributed by atoms with Crippen LogP contribution in [0.5, 0.6) is 0 Å². The normalized spacial score (nSPS) is 25.2. The second-order valence-electron chi connectivity index (χ2n) is 20.4. The van der Waals surface area contributed by atoms with Crippen molar-refractivity contribution < 1.29 is 0 Å². The number of benzene rings is 7. The fourth-order valence-corrected chi connectivity index (χ4v) is 13.8. The molecule has 59 heavy (non-hydrogen) atoms. The minimum Gasteiger partial charge on any atom is -0.310 e. The standard InChI is InChI=1S/C58H55N/c1-56(2)29-30-57(3,4)55-52(56)19-12-20-54(55)59(43-23-21-40(22-24-43)46-28-27-45(39-13-6-5-7-14-39)47-15-8-9-16-48(46)47)44-25-26-50-49-17-10-11-18-51(49)58(53(50)36-44)41-32-37-31-38(34-41)35-42(58)33-37/h5-28,36-38,41-42H,29-35H2,1-4H3. The van der Waals surface area contributed by atoms with Gasteiger partial charge in [0.1, 0.15) is 0 Å². The van der Waals surface area contributed by atoms with Gasteiger partial charge in [0.25, 0.3) is 0 Å². The zero-order valence-electron chi connectivity index (χ0n) is 35.1. The molecule has 292 valence electrons. The van der Waals surface area contributed by atoms with Gasteiger partial charge in [-0.25, -0.2) is 0 Å². The maximum Gasteiger partial charge on any atom is 0.0502 e. The first kappa shape index (κ1) is 35.5. The molecule has 0 radical (unpaired) electrons. The van der Waals surface area contributed by atoms with Crippen molar-refractivity contribution >= 4 is 27.8 Å². The summed E-state index contributed by atoms with van der Waals surface area (Å²) in [7, 11) is 0. The summed E-state index contributed by atoms with van der Waals surface area (Å²) < 4.78 is 0. The fourth-order valence-electron chi connectivity index (χ4n) is 13.8. The molecule has 6 aliphatic carbocycles. The molecule has 4 saturated carbocycles. The summed E-state index contributed by atoms with van der Waals surface area (Å²) in [5, 5.41) is 2.58. The Morgan fingerprint density at radius 2 is 0.966 bits per heavy atom. The highest BCUT2D eigenvalue weighted by atomic mass is 15.1. The molecule has 1 spiro atoms. The van der Waals surface area contributed by atoms with Gasteiger partial charge in [-0.2, -0.15) is 0 Å². The van der Waals surface area contributed by atoms with Crippen LogP contribution >= 0.6 is 0 Å². The Balaban J connectivity index is 1.04. The van der Waals surface area contributed by atoms with E-state index in [1.165, 1.54) is 117 Å². The van der Waals surface area contributed by atoms with Crippen LogP contribution in [0.25, 0.3) is 44.2 Å². The second-order valence-corrected chi connectivity index (χ2v) is 20.4. The zero-order chi connectivity index (χ0) is 39.7. The second kappa shape index (κ2) is 12.8.